The molecule has 0 aliphatic heterocycles. The first-order chi connectivity index (χ1) is 32.5. The molecule has 2 nitrogen and oxygen atoms in total. The quantitative estimate of drug-likeness (QED) is 0.176. The van der Waals surface area contributed by atoms with Crippen molar-refractivity contribution in [1.82, 2.24) is 0 Å². The summed E-state index contributed by atoms with van der Waals surface area (Å²) in [6.45, 7) is 4.72. The predicted molar refractivity (Wildman–Crippen MR) is 284 cm³/mol. The topological polar surface area (TPSA) is 16.4 Å². The Kier molecular flexibility index (Phi) is 7.94. The standard InChI is InChI=1S/C63H41NOS/c1-63(2)55-26-12-9-21-46(55)47-33-31-39(37-56(47)63)64(57-27-15-25-52-48-22-10-13-28-58(48)65-61(52)57)38-30-32-45-51-34-35-53-49-23-11-14-29-59(49)66-62(53)60(51)50-24-8-7-19-43(50)41-17-4-3-16-40(41)42-18-5-6-20-44(42)54(45)36-38/h3-37H,1-2H3. The lowest BCUT2D eigenvalue weighted by molar-refractivity contribution is 0.660. The number of hydrogen-bond donors (Lipinski definition) is 0. The van der Waals surface area contributed by atoms with E-state index in [9.17, 15) is 0 Å². The molecule has 0 amide bonds. The van der Waals surface area contributed by atoms with E-state index in [1.54, 1.807) is 0 Å². The van der Waals surface area contributed by atoms with Crippen LogP contribution in [0.3, 0.4) is 0 Å². The highest BCUT2D eigenvalue weighted by molar-refractivity contribution is 7.26. The van der Waals surface area contributed by atoms with E-state index in [0.717, 1.165) is 39.0 Å². The first-order valence-electron chi connectivity index (χ1n) is 22.8. The maximum Gasteiger partial charge on any atom is 0.159 e. The molecule has 0 saturated heterocycles. The first kappa shape index (κ1) is 37.4. The minimum atomic E-state index is -0.175. The van der Waals surface area contributed by atoms with Gasteiger partial charge in [0.1, 0.15) is 5.58 Å². The van der Waals surface area contributed by atoms with Crippen LogP contribution in [-0.2, 0) is 5.41 Å². The third-order valence-electron chi connectivity index (χ3n) is 14.5. The lowest BCUT2D eigenvalue weighted by Gasteiger charge is -2.28. The number of furan rings is 1. The van der Waals surface area contributed by atoms with Crippen molar-refractivity contribution in [1.29, 1.82) is 0 Å². The number of nitrogens with zero attached hydrogens (tertiary/aromatic N) is 1. The fourth-order valence-corrected chi connectivity index (χ4v) is 12.7. The third-order valence-corrected chi connectivity index (χ3v) is 15.7. The zero-order chi connectivity index (χ0) is 43.7. The molecule has 2 aromatic heterocycles. The minimum Gasteiger partial charge on any atom is -0.454 e. The Morgan fingerprint density at radius 1 is 0.379 bits per heavy atom. The molecule has 14 rings (SSSR count). The van der Waals surface area contributed by atoms with E-state index < -0.39 is 0 Å². The Balaban J connectivity index is 1.16. The largest absolute Gasteiger partial charge is 0.454 e. The number of benzene rings is 10. The van der Waals surface area contributed by atoms with Gasteiger partial charge in [-0.3, -0.25) is 0 Å². The van der Waals surface area contributed by atoms with E-state index in [1.165, 1.54) is 96.3 Å². The van der Waals surface area contributed by atoms with E-state index >= 15 is 0 Å². The van der Waals surface area contributed by atoms with Gasteiger partial charge in [0, 0.05) is 53.1 Å². The molecule has 13 aromatic rings. The van der Waals surface area contributed by atoms with E-state index in [-0.39, 0.29) is 5.41 Å². The SMILES string of the molecule is CC1(C)c2ccccc2-c2ccc(N(c3ccc4c(c3)c3ccccc3c3ccccc3c3ccccc3c3c4ccc4c5ccccc5sc43)c3cccc4c3oc3ccccc34)cc21. The summed E-state index contributed by atoms with van der Waals surface area (Å²) in [5.41, 5.74) is 10.0. The summed E-state index contributed by atoms with van der Waals surface area (Å²) in [7, 11) is 0. The van der Waals surface area contributed by atoms with Gasteiger partial charge >= 0.3 is 0 Å². The average molecular weight is 860 g/mol. The van der Waals surface area contributed by atoms with Gasteiger partial charge in [-0.05, 0) is 113 Å². The molecule has 66 heavy (non-hydrogen) atoms. The third kappa shape index (κ3) is 5.29. The lowest BCUT2D eigenvalue weighted by Crippen LogP contribution is -2.16. The van der Waals surface area contributed by atoms with Crippen LogP contribution >= 0.6 is 11.3 Å². The fourth-order valence-electron chi connectivity index (χ4n) is 11.4. The smallest absolute Gasteiger partial charge is 0.159 e. The minimum absolute atomic E-state index is 0.175. The summed E-state index contributed by atoms with van der Waals surface area (Å²) < 4.78 is 9.48. The maximum atomic E-state index is 6.87. The van der Waals surface area contributed by atoms with Crippen molar-refractivity contribution < 1.29 is 4.42 Å². The highest BCUT2D eigenvalue weighted by Gasteiger charge is 2.36. The van der Waals surface area contributed by atoms with Crippen molar-refractivity contribution in [3.63, 3.8) is 0 Å². The average Bonchev–Trinajstić information content (AvgIpc) is 4.02. The Bertz CT molecular complexity index is 4280. The van der Waals surface area contributed by atoms with E-state index in [4.69, 9.17) is 4.42 Å². The molecule has 0 N–H and O–H groups in total. The highest BCUT2D eigenvalue weighted by atomic mass is 32.1. The van der Waals surface area contributed by atoms with Gasteiger partial charge < -0.3 is 9.32 Å². The monoisotopic (exact) mass is 859 g/mol. The van der Waals surface area contributed by atoms with Gasteiger partial charge in [-0.1, -0.05) is 184 Å². The summed E-state index contributed by atoms with van der Waals surface area (Å²) >= 11 is 1.90. The summed E-state index contributed by atoms with van der Waals surface area (Å²) in [5, 5.41) is 17.0. The van der Waals surface area contributed by atoms with Crippen LogP contribution < -0.4 is 4.90 Å². The van der Waals surface area contributed by atoms with Gasteiger partial charge in [-0.2, -0.15) is 0 Å². The second-order valence-electron chi connectivity index (χ2n) is 18.3. The summed E-state index contributed by atoms with van der Waals surface area (Å²) in [6, 6.07) is 78.7. The number of para-hydroxylation sites is 2. The molecule has 11 aromatic carbocycles. The first-order valence-corrected chi connectivity index (χ1v) is 23.6. The fraction of sp³-hybridized carbons (Fsp3) is 0.0476. The number of hydrogen-bond acceptors (Lipinski definition) is 3. The number of fused-ring (bicyclic) bond motifs is 20. The summed E-state index contributed by atoms with van der Waals surface area (Å²) in [6.07, 6.45) is 0. The van der Waals surface area contributed by atoms with Crippen molar-refractivity contribution in [3.05, 3.63) is 223 Å². The lowest BCUT2D eigenvalue weighted by atomic mass is 9.82. The van der Waals surface area contributed by atoms with Crippen molar-refractivity contribution in [2.24, 2.45) is 0 Å². The van der Waals surface area contributed by atoms with Gasteiger partial charge in [-0.25, -0.2) is 0 Å². The maximum absolute atomic E-state index is 6.87. The molecule has 0 unspecified atom stereocenters. The molecule has 310 valence electrons. The Labute approximate surface area is 385 Å². The van der Waals surface area contributed by atoms with E-state index in [1.807, 2.05) is 11.3 Å². The summed E-state index contributed by atoms with van der Waals surface area (Å²) in [5.74, 6) is 0. The number of thiophene rings is 1. The molecule has 0 bridgehead atoms. The van der Waals surface area contributed by atoms with Crippen LogP contribution in [0, 0.1) is 0 Å². The number of rotatable bonds is 3. The van der Waals surface area contributed by atoms with Crippen LogP contribution in [0.4, 0.5) is 17.1 Å². The Hall–Kier alpha value is -7.98. The van der Waals surface area contributed by atoms with Crippen molar-refractivity contribution in [3.8, 4) is 11.1 Å². The normalized spacial score (nSPS) is 13.1. The molecule has 0 saturated carbocycles. The molecule has 2 heterocycles. The van der Waals surface area contributed by atoms with Gasteiger partial charge in [0.2, 0.25) is 0 Å². The molecular weight excluding hydrogens is 819 g/mol. The van der Waals surface area contributed by atoms with Crippen LogP contribution in [0.5, 0.6) is 0 Å². The molecular formula is C63H41NOS. The van der Waals surface area contributed by atoms with Gasteiger partial charge in [0.15, 0.2) is 5.58 Å². The summed E-state index contributed by atoms with van der Waals surface area (Å²) in [4.78, 5) is 2.44. The molecule has 1 aliphatic carbocycles. The zero-order valence-corrected chi connectivity index (χ0v) is 37.3. The van der Waals surface area contributed by atoms with E-state index in [2.05, 4.69) is 231 Å². The van der Waals surface area contributed by atoms with Crippen LogP contribution in [0.15, 0.2) is 217 Å². The van der Waals surface area contributed by atoms with Crippen molar-refractivity contribution in [2.45, 2.75) is 19.3 Å². The molecule has 0 fully saturated rings. The second-order valence-corrected chi connectivity index (χ2v) is 19.4. The van der Waals surface area contributed by atoms with Gasteiger partial charge in [-0.15, -0.1) is 11.3 Å². The Morgan fingerprint density at radius 3 is 1.67 bits per heavy atom. The Morgan fingerprint density at radius 2 is 0.894 bits per heavy atom. The zero-order valence-electron chi connectivity index (χ0n) is 36.5. The molecule has 0 atom stereocenters. The van der Waals surface area contributed by atoms with Gasteiger partial charge in [0.25, 0.3) is 0 Å². The highest BCUT2D eigenvalue weighted by Crippen LogP contribution is 2.52. The molecule has 3 heteroatoms. The predicted octanol–water partition coefficient (Wildman–Crippen LogP) is 18.6. The van der Waals surface area contributed by atoms with E-state index in [0.29, 0.717) is 0 Å². The molecule has 1 aliphatic rings. The van der Waals surface area contributed by atoms with Crippen LogP contribution in [0.2, 0.25) is 0 Å². The van der Waals surface area contributed by atoms with Crippen molar-refractivity contribution >= 4 is 124 Å². The van der Waals surface area contributed by atoms with Crippen LogP contribution in [-0.4, -0.2) is 0 Å². The molecule has 0 radical (unpaired) electrons. The second kappa shape index (κ2) is 14.0. The van der Waals surface area contributed by atoms with Crippen molar-refractivity contribution in [2.75, 3.05) is 4.90 Å². The van der Waals surface area contributed by atoms with Crippen LogP contribution in [0.25, 0.3) is 107 Å². The van der Waals surface area contributed by atoms with Gasteiger partial charge in [0.05, 0.1) is 5.69 Å². The van der Waals surface area contributed by atoms with Crippen LogP contribution in [0.1, 0.15) is 25.0 Å². The number of anilines is 3. The molecule has 0 spiro atoms.